The number of nitrogens with zero attached hydrogens (tertiary/aromatic N) is 1. The Hall–Kier alpha value is -5.21. The number of hydrogen-bond acceptors (Lipinski definition) is 10. The number of aryl methyl sites for hydroxylation is 1. The molecule has 2 aromatic heterocycles. The maximum absolute atomic E-state index is 11.7. The smallest absolute Gasteiger partial charge is 0.290 e. The van der Waals surface area contributed by atoms with Crippen molar-refractivity contribution in [3.05, 3.63) is 122 Å². The lowest BCUT2D eigenvalue weighted by molar-refractivity contribution is -0.123. The van der Waals surface area contributed by atoms with Crippen LogP contribution in [-0.2, 0) is 28.0 Å². The number of hydrogen-bond donors (Lipinski definition) is 7. The standard InChI is InChI=1S/C37H41N3O5S.2CH2O2/c1-40-18-16-37(17-19-40,34-5-3-21-46-34)30-22-25(8-13-31(30)41)4-2-20-45-27-9-6-26(7-10-27)23-38-24-33(43)28-11-14-32(42)36-29(28)12-15-35(44)39-36;2*2-1-3/h3,5-15,21-22,33,38,41-43H,2,4,16-20,23-24H2,1H3,(H,39,44);2*1H,(H,2,3)/t33-;;/m0../s1. The fourth-order valence-electron chi connectivity index (χ4n) is 6.50. The van der Waals surface area contributed by atoms with E-state index in [-0.39, 0.29) is 29.7 Å². The predicted octanol–water partition coefficient (Wildman–Crippen LogP) is 5.25. The second-order valence-electron chi connectivity index (χ2n) is 12.5. The summed E-state index contributed by atoms with van der Waals surface area (Å²) in [7, 11) is 2.17. The molecule has 1 saturated heterocycles. The van der Waals surface area contributed by atoms with Gasteiger partial charge in [0.05, 0.1) is 18.2 Å². The van der Waals surface area contributed by atoms with Gasteiger partial charge in [-0.25, -0.2) is 0 Å². The molecular formula is C39H45N3O9S. The molecule has 3 heterocycles. The first-order valence-corrected chi connectivity index (χ1v) is 17.7. The predicted molar refractivity (Wildman–Crippen MR) is 200 cm³/mol. The van der Waals surface area contributed by atoms with Crippen LogP contribution in [0.5, 0.6) is 17.2 Å². The van der Waals surface area contributed by atoms with Crippen molar-refractivity contribution in [1.82, 2.24) is 15.2 Å². The van der Waals surface area contributed by atoms with Gasteiger partial charge in [0.15, 0.2) is 0 Å². The van der Waals surface area contributed by atoms with Gasteiger partial charge in [0, 0.05) is 40.4 Å². The first-order valence-electron chi connectivity index (χ1n) is 16.8. The third-order valence-electron chi connectivity index (χ3n) is 9.14. The van der Waals surface area contributed by atoms with Crippen LogP contribution in [0.15, 0.2) is 89.0 Å². The van der Waals surface area contributed by atoms with Crippen LogP contribution in [0.1, 0.15) is 52.5 Å². The van der Waals surface area contributed by atoms with Crippen LogP contribution in [0.3, 0.4) is 0 Å². The molecule has 1 aliphatic heterocycles. The van der Waals surface area contributed by atoms with Crippen molar-refractivity contribution < 1.29 is 39.9 Å². The van der Waals surface area contributed by atoms with E-state index >= 15 is 0 Å². The topological polar surface area (TPSA) is 193 Å². The highest BCUT2D eigenvalue weighted by atomic mass is 32.1. The Morgan fingerprint density at radius 3 is 2.29 bits per heavy atom. The highest BCUT2D eigenvalue weighted by Gasteiger charge is 2.40. The SMILES string of the molecule is CN1CCC(c2cccs2)(c2cc(CCCOc3ccc(CNC[C@H](O)c4ccc(O)c5[nH]c(=O)ccc45)cc3)ccc2O)CC1.O=CO.O=CO. The van der Waals surface area contributed by atoms with Gasteiger partial charge in [0.1, 0.15) is 17.2 Å². The van der Waals surface area contributed by atoms with E-state index in [1.165, 1.54) is 22.6 Å². The normalized spacial score (nSPS) is 14.3. The number of thiophene rings is 1. The van der Waals surface area contributed by atoms with Gasteiger partial charge in [0.25, 0.3) is 12.9 Å². The number of aromatic amines is 1. The Kier molecular flexibility index (Phi) is 14.8. The number of fused-ring (bicyclic) bond motifs is 1. The number of benzene rings is 3. The maximum atomic E-state index is 11.7. The minimum Gasteiger partial charge on any atom is -0.508 e. The minimum absolute atomic E-state index is 0.0285. The fourth-order valence-corrected chi connectivity index (χ4v) is 7.50. The quantitative estimate of drug-likeness (QED) is 0.0655. The lowest BCUT2D eigenvalue weighted by atomic mass is 9.71. The summed E-state index contributed by atoms with van der Waals surface area (Å²) in [6, 6.07) is 24.5. The number of aromatic nitrogens is 1. The lowest BCUT2D eigenvalue weighted by Crippen LogP contribution is -2.41. The number of aliphatic hydroxyl groups excluding tert-OH is 1. The molecule has 6 rings (SSSR count). The summed E-state index contributed by atoms with van der Waals surface area (Å²) in [5.41, 5.74) is 3.82. The average molecular weight is 732 g/mol. The van der Waals surface area contributed by atoms with Gasteiger partial charge < -0.3 is 45.5 Å². The summed E-state index contributed by atoms with van der Waals surface area (Å²) in [6.45, 7) is 2.98. The van der Waals surface area contributed by atoms with Crippen LogP contribution in [0.4, 0.5) is 0 Å². The van der Waals surface area contributed by atoms with E-state index in [9.17, 15) is 20.1 Å². The Balaban J connectivity index is 0.000000944. The van der Waals surface area contributed by atoms with Crippen LogP contribution < -0.4 is 15.6 Å². The van der Waals surface area contributed by atoms with Crippen LogP contribution in [0.25, 0.3) is 10.9 Å². The Labute approximate surface area is 305 Å². The first-order chi connectivity index (χ1) is 25.1. The minimum atomic E-state index is -0.813. The van der Waals surface area contributed by atoms with Crippen molar-refractivity contribution in [3.63, 3.8) is 0 Å². The number of carboxylic acid groups (broad SMARTS) is 2. The number of piperidine rings is 1. The number of phenols is 2. The van der Waals surface area contributed by atoms with Crippen molar-refractivity contribution >= 4 is 35.2 Å². The fraction of sp³-hybridized carbons (Fsp3) is 0.308. The Bertz CT molecular complexity index is 1920. The molecule has 0 saturated carbocycles. The number of carbonyl (C=O) groups is 2. The number of aliphatic hydroxyl groups is 1. The van der Waals surface area contributed by atoms with Crippen LogP contribution in [-0.4, -0.2) is 81.6 Å². The Morgan fingerprint density at radius 2 is 1.62 bits per heavy atom. The van der Waals surface area contributed by atoms with E-state index < -0.39 is 6.10 Å². The molecule has 52 heavy (non-hydrogen) atoms. The van der Waals surface area contributed by atoms with Gasteiger partial charge in [-0.3, -0.25) is 14.4 Å². The maximum Gasteiger partial charge on any atom is 0.290 e. The van der Waals surface area contributed by atoms with Crippen molar-refractivity contribution in [2.24, 2.45) is 0 Å². The van der Waals surface area contributed by atoms with Gasteiger partial charge in [0.2, 0.25) is 5.56 Å². The van der Waals surface area contributed by atoms with Gasteiger partial charge >= 0.3 is 0 Å². The first kappa shape index (κ1) is 39.6. The third-order valence-corrected chi connectivity index (χ3v) is 10.2. The molecule has 1 aliphatic rings. The number of nitrogens with one attached hydrogen (secondary N) is 2. The molecule has 1 atom stereocenters. The summed E-state index contributed by atoms with van der Waals surface area (Å²) in [6.07, 6.45) is 2.90. The van der Waals surface area contributed by atoms with Gasteiger partial charge in [-0.2, -0.15) is 0 Å². The monoisotopic (exact) mass is 731 g/mol. The Morgan fingerprint density at radius 1 is 0.942 bits per heavy atom. The molecular weight excluding hydrogens is 687 g/mol. The van der Waals surface area contributed by atoms with E-state index in [1.807, 2.05) is 36.4 Å². The van der Waals surface area contributed by atoms with E-state index in [0.717, 1.165) is 55.6 Å². The number of rotatable bonds is 12. The van der Waals surface area contributed by atoms with Gasteiger partial charge in [-0.1, -0.05) is 36.4 Å². The summed E-state index contributed by atoms with van der Waals surface area (Å²) in [4.78, 5) is 34.7. The molecule has 0 unspecified atom stereocenters. The van der Waals surface area contributed by atoms with Crippen LogP contribution in [0, 0.1) is 0 Å². The summed E-state index contributed by atoms with van der Waals surface area (Å²) in [5, 5.41) is 51.7. The second-order valence-corrected chi connectivity index (χ2v) is 13.4. The molecule has 1 fully saturated rings. The van der Waals surface area contributed by atoms with Crippen LogP contribution in [0.2, 0.25) is 0 Å². The van der Waals surface area contributed by atoms with E-state index in [1.54, 1.807) is 23.5 Å². The molecule has 0 bridgehead atoms. The molecule has 0 radical (unpaired) electrons. The molecule has 5 aromatic rings. The summed E-state index contributed by atoms with van der Waals surface area (Å²) < 4.78 is 6.04. The van der Waals surface area contributed by atoms with E-state index in [2.05, 4.69) is 45.8 Å². The van der Waals surface area contributed by atoms with E-state index in [0.29, 0.717) is 41.9 Å². The van der Waals surface area contributed by atoms with Gasteiger partial charge in [-0.05, 0) is 104 Å². The molecule has 276 valence electrons. The average Bonchev–Trinajstić information content (AvgIpc) is 3.69. The van der Waals surface area contributed by atoms with Crippen molar-refractivity contribution in [2.45, 2.75) is 43.7 Å². The molecule has 0 spiro atoms. The number of likely N-dealkylation sites (tertiary alicyclic amines) is 1. The van der Waals surface area contributed by atoms with Crippen molar-refractivity contribution in [2.75, 3.05) is 33.3 Å². The molecule has 3 aromatic carbocycles. The van der Waals surface area contributed by atoms with Crippen molar-refractivity contribution in [1.29, 1.82) is 0 Å². The van der Waals surface area contributed by atoms with Crippen molar-refractivity contribution in [3.8, 4) is 17.2 Å². The zero-order chi connectivity index (χ0) is 37.5. The molecule has 12 nitrogen and oxygen atoms in total. The third kappa shape index (κ3) is 10.2. The number of H-pyrrole nitrogens is 1. The van der Waals surface area contributed by atoms with Gasteiger partial charge in [-0.15, -0.1) is 11.3 Å². The largest absolute Gasteiger partial charge is 0.508 e. The number of pyridine rings is 1. The lowest BCUT2D eigenvalue weighted by Gasteiger charge is -2.41. The highest BCUT2D eigenvalue weighted by molar-refractivity contribution is 7.10. The highest BCUT2D eigenvalue weighted by Crippen LogP contribution is 2.47. The number of phenolic OH excluding ortho intramolecular Hbond substituents is 2. The molecule has 0 amide bonds. The van der Waals surface area contributed by atoms with Crippen LogP contribution >= 0.6 is 11.3 Å². The molecule has 7 N–H and O–H groups in total. The zero-order valence-corrected chi connectivity index (χ0v) is 29.7. The molecule has 13 heteroatoms. The number of aromatic hydroxyl groups is 2. The molecule has 0 aliphatic carbocycles. The summed E-state index contributed by atoms with van der Waals surface area (Å²) in [5.74, 6) is 1.16. The zero-order valence-electron chi connectivity index (χ0n) is 28.9. The van der Waals surface area contributed by atoms with E-state index in [4.69, 9.17) is 24.5 Å². The summed E-state index contributed by atoms with van der Waals surface area (Å²) >= 11 is 1.78. The second kappa shape index (κ2) is 19.4. The number of ether oxygens (including phenoxy) is 1.